The Morgan fingerprint density at radius 2 is 1.72 bits per heavy atom. The summed E-state index contributed by atoms with van der Waals surface area (Å²) >= 11 is 12.4. The summed E-state index contributed by atoms with van der Waals surface area (Å²) < 4.78 is 0. The fourth-order valence-corrected chi connectivity index (χ4v) is 5.00. The normalized spacial score (nSPS) is 22.0. The lowest BCUT2D eigenvalue weighted by molar-refractivity contribution is 0.0376. The van der Waals surface area contributed by atoms with Crippen LogP contribution in [0.15, 0.2) is 48.8 Å². The number of carbonyl (C=O) groups is 1. The van der Waals surface area contributed by atoms with Gasteiger partial charge >= 0.3 is 0 Å². The maximum atomic E-state index is 12.8. The Morgan fingerprint density at radius 1 is 0.969 bits per heavy atom. The van der Waals surface area contributed by atoms with E-state index in [1.165, 1.54) is 6.33 Å². The Labute approximate surface area is 196 Å². The smallest absolute Gasteiger partial charge is 0.253 e. The van der Waals surface area contributed by atoms with Crippen molar-refractivity contribution in [2.75, 3.05) is 44.2 Å². The number of nitrogens with zero attached hydrogens (tertiary/aromatic N) is 5. The van der Waals surface area contributed by atoms with Gasteiger partial charge in [-0.15, -0.1) is 0 Å². The first-order chi connectivity index (χ1) is 15.5. The van der Waals surface area contributed by atoms with Crippen molar-refractivity contribution in [3.63, 3.8) is 0 Å². The third kappa shape index (κ3) is 4.01. The number of fused-ring (bicyclic) bond motifs is 1. The molecule has 2 aromatic carbocycles. The Kier molecular flexibility index (Phi) is 5.90. The molecule has 1 N–H and O–H groups in total. The van der Waals surface area contributed by atoms with E-state index in [0.717, 1.165) is 16.7 Å². The molecule has 1 aromatic heterocycles. The summed E-state index contributed by atoms with van der Waals surface area (Å²) in [5.74, 6) is 0.760. The first-order valence-corrected chi connectivity index (χ1v) is 11.4. The van der Waals surface area contributed by atoms with E-state index in [1.54, 1.807) is 24.3 Å². The Balaban J connectivity index is 1.27. The molecule has 9 heteroatoms. The molecule has 0 aliphatic carbocycles. The first kappa shape index (κ1) is 21.4. The van der Waals surface area contributed by atoms with E-state index < -0.39 is 6.10 Å². The van der Waals surface area contributed by atoms with Crippen LogP contribution in [-0.2, 0) is 0 Å². The molecule has 2 aliphatic rings. The van der Waals surface area contributed by atoms with Gasteiger partial charge in [0.15, 0.2) is 0 Å². The first-order valence-electron chi connectivity index (χ1n) is 10.6. The molecule has 2 aliphatic heterocycles. The molecule has 0 bridgehead atoms. The van der Waals surface area contributed by atoms with Crippen LogP contribution in [-0.4, -0.2) is 82.2 Å². The van der Waals surface area contributed by atoms with Gasteiger partial charge < -0.3 is 14.9 Å². The van der Waals surface area contributed by atoms with Gasteiger partial charge in [-0.05, 0) is 36.4 Å². The fraction of sp³-hybridized carbons (Fsp3) is 0.348. The number of anilines is 1. The summed E-state index contributed by atoms with van der Waals surface area (Å²) in [4.78, 5) is 27.8. The van der Waals surface area contributed by atoms with Crippen LogP contribution in [0.25, 0.3) is 10.9 Å². The largest absolute Gasteiger partial charge is 0.390 e. The molecule has 0 saturated carbocycles. The third-order valence-electron chi connectivity index (χ3n) is 6.31. The number of hydrogen-bond acceptors (Lipinski definition) is 6. The van der Waals surface area contributed by atoms with Crippen molar-refractivity contribution in [3.05, 3.63) is 64.4 Å². The molecule has 32 heavy (non-hydrogen) atoms. The van der Waals surface area contributed by atoms with E-state index in [0.29, 0.717) is 54.9 Å². The molecule has 2 unspecified atom stereocenters. The molecular weight excluding hydrogens is 449 g/mol. The van der Waals surface area contributed by atoms with Crippen LogP contribution in [0.2, 0.25) is 10.0 Å². The number of carbonyl (C=O) groups excluding carboxylic acids is 1. The molecule has 5 rings (SSSR count). The number of β-amino-alcohol motifs (C(OH)–C–C–N with tert-alkyl or cyclic N) is 1. The summed E-state index contributed by atoms with van der Waals surface area (Å²) in [5, 5.41) is 12.9. The molecule has 2 saturated heterocycles. The molecule has 3 heterocycles. The van der Waals surface area contributed by atoms with Crippen molar-refractivity contribution in [1.29, 1.82) is 0 Å². The van der Waals surface area contributed by atoms with Crippen LogP contribution in [0.1, 0.15) is 10.4 Å². The molecule has 3 aromatic rings. The van der Waals surface area contributed by atoms with Gasteiger partial charge in [0.25, 0.3) is 5.91 Å². The molecule has 1 amide bonds. The summed E-state index contributed by atoms with van der Waals surface area (Å²) in [5.41, 5.74) is 1.43. The zero-order valence-electron chi connectivity index (χ0n) is 17.4. The van der Waals surface area contributed by atoms with Crippen LogP contribution in [0.4, 0.5) is 5.82 Å². The zero-order chi connectivity index (χ0) is 22.2. The number of amides is 1. The minimum atomic E-state index is -0.513. The molecule has 2 atom stereocenters. The molecule has 0 radical (unpaired) electrons. The van der Waals surface area contributed by atoms with Crippen molar-refractivity contribution >= 4 is 45.8 Å². The molecule has 7 nitrogen and oxygen atoms in total. The van der Waals surface area contributed by atoms with Crippen LogP contribution in [0.3, 0.4) is 0 Å². The standard InChI is InChI=1S/C23H23Cl2N5O2/c24-16-6-4-15(5-7-16)23(32)29-10-8-28(9-11-29)19-12-30(13-20(19)31)22-21-17(25)2-1-3-18(21)26-14-27-22/h1-7,14,19-20,31H,8-13H2. The second kappa shape index (κ2) is 8.83. The Bertz CT molecular complexity index is 1130. The highest BCUT2D eigenvalue weighted by atomic mass is 35.5. The number of aliphatic hydroxyl groups excluding tert-OH is 1. The highest BCUT2D eigenvalue weighted by Crippen LogP contribution is 2.32. The summed E-state index contributed by atoms with van der Waals surface area (Å²) in [6, 6.07) is 12.6. The van der Waals surface area contributed by atoms with E-state index in [-0.39, 0.29) is 11.9 Å². The lowest BCUT2D eigenvalue weighted by atomic mass is 10.1. The maximum absolute atomic E-state index is 12.8. The number of aliphatic hydroxyl groups is 1. The van der Waals surface area contributed by atoms with Crippen LogP contribution < -0.4 is 4.90 Å². The van der Waals surface area contributed by atoms with Crippen molar-refractivity contribution in [2.24, 2.45) is 0 Å². The van der Waals surface area contributed by atoms with E-state index in [4.69, 9.17) is 23.2 Å². The predicted molar refractivity (Wildman–Crippen MR) is 125 cm³/mol. The van der Waals surface area contributed by atoms with Gasteiger partial charge in [0.2, 0.25) is 0 Å². The SMILES string of the molecule is O=C(c1ccc(Cl)cc1)N1CCN(C2CN(c3ncnc4cccc(Cl)c34)CC2O)CC1. The minimum Gasteiger partial charge on any atom is -0.390 e. The number of benzene rings is 2. The quantitative estimate of drug-likeness (QED) is 0.632. The second-order valence-corrected chi connectivity index (χ2v) is 9.05. The van der Waals surface area contributed by atoms with E-state index >= 15 is 0 Å². The van der Waals surface area contributed by atoms with Crippen LogP contribution in [0.5, 0.6) is 0 Å². The van der Waals surface area contributed by atoms with Gasteiger partial charge in [-0.2, -0.15) is 0 Å². The van der Waals surface area contributed by atoms with Gasteiger partial charge in [-0.3, -0.25) is 9.69 Å². The topological polar surface area (TPSA) is 72.8 Å². The average molecular weight is 472 g/mol. The van der Waals surface area contributed by atoms with E-state index in [9.17, 15) is 9.90 Å². The van der Waals surface area contributed by atoms with Crippen molar-refractivity contribution in [2.45, 2.75) is 12.1 Å². The number of rotatable bonds is 3. The molecule has 0 spiro atoms. The number of halogens is 2. The average Bonchev–Trinajstić information content (AvgIpc) is 3.20. The van der Waals surface area contributed by atoms with Crippen LogP contribution in [0, 0.1) is 0 Å². The van der Waals surface area contributed by atoms with Gasteiger partial charge in [-0.25, -0.2) is 9.97 Å². The third-order valence-corrected chi connectivity index (χ3v) is 6.88. The van der Waals surface area contributed by atoms with Crippen LogP contribution >= 0.6 is 23.2 Å². The van der Waals surface area contributed by atoms with Crippen molar-refractivity contribution < 1.29 is 9.90 Å². The van der Waals surface area contributed by atoms with Crippen molar-refractivity contribution in [1.82, 2.24) is 19.8 Å². The van der Waals surface area contributed by atoms with E-state index in [1.807, 2.05) is 23.1 Å². The monoisotopic (exact) mass is 471 g/mol. The highest BCUT2D eigenvalue weighted by molar-refractivity contribution is 6.36. The van der Waals surface area contributed by atoms with Gasteiger partial charge in [0.1, 0.15) is 12.1 Å². The summed E-state index contributed by atoms with van der Waals surface area (Å²) in [6.45, 7) is 3.77. The summed E-state index contributed by atoms with van der Waals surface area (Å²) in [7, 11) is 0. The van der Waals surface area contributed by atoms with Gasteiger partial charge in [-0.1, -0.05) is 29.3 Å². The van der Waals surface area contributed by atoms with Crippen molar-refractivity contribution in [3.8, 4) is 0 Å². The fourth-order valence-electron chi connectivity index (χ4n) is 4.62. The lowest BCUT2D eigenvalue weighted by Gasteiger charge is -2.38. The zero-order valence-corrected chi connectivity index (χ0v) is 18.9. The Hall–Kier alpha value is -2.45. The number of piperazine rings is 1. The Morgan fingerprint density at radius 3 is 2.47 bits per heavy atom. The number of hydrogen-bond donors (Lipinski definition) is 1. The molecule has 166 valence electrons. The molecular formula is C23H23Cl2N5O2. The predicted octanol–water partition coefficient (Wildman–Crippen LogP) is 2.94. The lowest BCUT2D eigenvalue weighted by Crippen LogP contribution is -2.54. The minimum absolute atomic E-state index is 0.0111. The second-order valence-electron chi connectivity index (χ2n) is 8.21. The maximum Gasteiger partial charge on any atom is 0.253 e. The van der Waals surface area contributed by atoms with Gasteiger partial charge in [0, 0.05) is 49.9 Å². The van der Waals surface area contributed by atoms with E-state index in [2.05, 4.69) is 19.8 Å². The highest BCUT2D eigenvalue weighted by Gasteiger charge is 2.38. The molecule has 2 fully saturated rings. The van der Waals surface area contributed by atoms with Gasteiger partial charge in [0.05, 0.1) is 28.1 Å². The summed E-state index contributed by atoms with van der Waals surface area (Å²) in [6.07, 6.45) is 1.02. The number of aromatic nitrogens is 2.